The molecule has 0 radical (unpaired) electrons. The number of amides is 5. The quantitative estimate of drug-likeness (QED) is 0.485. The molecule has 1 aliphatic rings. The van der Waals surface area contributed by atoms with Crippen LogP contribution < -0.4 is 15.6 Å². The molecule has 9 heteroatoms. The van der Waals surface area contributed by atoms with Gasteiger partial charge < -0.3 is 4.42 Å². The minimum absolute atomic E-state index is 0.0261. The molecular weight excluding hydrogens is 340 g/mol. The molecule has 1 aromatic carbocycles. The normalized spacial score (nSPS) is 17.5. The van der Waals surface area contributed by atoms with Crippen LogP contribution >= 0.6 is 0 Å². The molecule has 9 nitrogen and oxygen atoms in total. The molecule has 5 amide bonds. The van der Waals surface area contributed by atoms with Crippen molar-refractivity contribution in [3.63, 3.8) is 0 Å². The average molecular weight is 354 g/mol. The van der Waals surface area contributed by atoms with Crippen LogP contribution in [0, 0.1) is 12.8 Å². The summed E-state index contributed by atoms with van der Waals surface area (Å²) in [7, 11) is 0. The zero-order valence-corrected chi connectivity index (χ0v) is 13.6. The van der Waals surface area contributed by atoms with Crippen LogP contribution in [0.5, 0.6) is 0 Å². The second-order valence-corrected chi connectivity index (χ2v) is 5.48. The van der Waals surface area contributed by atoms with Gasteiger partial charge in [-0.1, -0.05) is 12.1 Å². The molecule has 2 N–H and O–H groups in total. The number of nitrogens with zero attached hydrogens (tertiary/aromatic N) is 2. The highest BCUT2D eigenvalue weighted by molar-refractivity contribution is 6.32. The molecule has 132 valence electrons. The Morgan fingerprint density at radius 1 is 1.27 bits per heavy atom. The van der Waals surface area contributed by atoms with Crippen LogP contribution in [-0.4, -0.2) is 30.0 Å². The lowest BCUT2D eigenvalue weighted by Gasteiger charge is -2.28. The van der Waals surface area contributed by atoms with E-state index in [1.54, 1.807) is 18.2 Å². The summed E-state index contributed by atoms with van der Waals surface area (Å²) >= 11 is 0. The fourth-order valence-electron chi connectivity index (χ4n) is 2.37. The van der Waals surface area contributed by atoms with Crippen molar-refractivity contribution < 1.29 is 23.6 Å². The van der Waals surface area contributed by atoms with Gasteiger partial charge in [0.1, 0.15) is 0 Å². The van der Waals surface area contributed by atoms with Gasteiger partial charge in [0.15, 0.2) is 11.7 Å². The summed E-state index contributed by atoms with van der Waals surface area (Å²) in [4.78, 5) is 49.2. The highest BCUT2D eigenvalue weighted by Crippen LogP contribution is 2.21. The number of barbiturate groups is 1. The number of carbonyl (C=O) groups excluding carboxylic acids is 4. The topological polar surface area (TPSA) is 121 Å². The van der Waals surface area contributed by atoms with E-state index < -0.39 is 29.7 Å². The third kappa shape index (κ3) is 3.36. The lowest BCUT2D eigenvalue weighted by atomic mass is 10.1. The van der Waals surface area contributed by atoms with Crippen molar-refractivity contribution in [3.8, 4) is 0 Å². The smallest absolute Gasteiger partial charge is 0.335 e. The molecule has 0 unspecified atom stereocenters. The first kappa shape index (κ1) is 17.1. The van der Waals surface area contributed by atoms with Crippen LogP contribution in [0.4, 0.5) is 10.5 Å². The SMILES string of the molecule is Cc1cccc(N2C(=O)NC(=O)[C@@H](/C=N\NC(=O)c3ccco3)C2=O)c1. The number of furan rings is 1. The van der Waals surface area contributed by atoms with Crippen LogP contribution in [0.2, 0.25) is 0 Å². The van der Waals surface area contributed by atoms with E-state index in [-0.39, 0.29) is 5.76 Å². The predicted octanol–water partition coefficient (Wildman–Crippen LogP) is 1.20. The minimum atomic E-state index is -1.36. The summed E-state index contributed by atoms with van der Waals surface area (Å²) in [5.74, 6) is -3.55. The zero-order chi connectivity index (χ0) is 18.7. The number of urea groups is 1. The first-order valence-electron chi connectivity index (χ1n) is 7.60. The number of anilines is 1. The zero-order valence-electron chi connectivity index (χ0n) is 13.6. The molecular formula is C17H14N4O5. The minimum Gasteiger partial charge on any atom is -0.459 e. The second-order valence-electron chi connectivity index (χ2n) is 5.48. The van der Waals surface area contributed by atoms with Crippen molar-refractivity contribution in [2.24, 2.45) is 11.0 Å². The van der Waals surface area contributed by atoms with Gasteiger partial charge in [0, 0.05) is 6.21 Å². The summed E-state index contributed by atoms with van der Waals surface area (Å²) < 4.78 is 4.90. The number of hydrogen-bond donors (Lipinski definition) is 2. The van der Waals surface area contributed by atoms with Crippen molar-refractivity contribution in [1.82, 2.24) is 10.7 Å². The van der Waals surface area contributed by atoms with Crippen molar-refractivity contribution in [2.45, 2.75) is 6.92 Å². The number of aryl methyl sites for hydroxylation is 1. The van der Waals surface area contributed by atoms with Gasteiger partial charge in [0.25, 0.3) is 5.91 Å². The molecule has 1 aromatic heterocycles. The highest BCUT2D eigenvalue weighted by atomic mass is 16.3. The highest BCUT2D eigenvalue weighted by Gasteiger charge is 2.40. The van der Waals surface area contributed by atoms with Gasteiger partial charge in [-0.2, -0.15) is 5.10 Å². The monoisotopic (exact) mass is 354 g/mol. The lowest BCUT2D eigenvalue weighted by molar-refractivity contribution is -0.131. The third-order valence-corrected chi connectivity index (χ3v) is 3.60. The molecule has 0 spiro atoms. The number of benzene rings is 1. The van der Waals surface area contributed by atoms with Crippen LogP contribution in [-0.2, 0) is 9.59 Å². The van der Waals surface area contributed by atoms with Crippen LogP contribution in [0.15, 0.2) is 52.2 Å². The fourth-order valence-corrected chi connectivity index (χ4v) is 2.37. The Morgan fingerprint density at radius 3 is 2.77 bits per heavy atom. The second kappa shape index (κ2) is 7.01. The summed E-state index contributed by atoms with van der Waals surface area (Å²) in [6.45, 7) is 1.81. The maximum atomic E-state index is 12.6. The molecule has 26 heavy (non-hydrogen) atoms. The van der Waals surface area contributed by atoms with E-state index in [9.17, 15) is 19.2 Å². The molecule has 0 saturated carbocycles. The molecule has 1 saturated heterocycles. The van der Waals surface area contributed by atoms with E-state index in [1.165, 1.54) is 18.4 Å². The molecule has 0 aliphatic carbocycles. The van der Waals surface area contributed by atoms with Crippen molar-refractivity contribution >= 4 is 35.7 Å². The molecule has 1 aliphatic heterocycles. The molecule has 2 aromatic rings. The Labute approximate surface area is 147 Å². The number of hydrogen-bond acceptors (Lipinski definition) is 6. The average Bonchev–Trinajstić information content (AvgIpc) is 3.12. The number of carbonyl (C=O) groups is 4. The maximum absolute atomic E-state index is 12.6. The Balaban J connectivity index is 1.77. The molecule has 1 atom stereocenters. The molecule has 2 heterocycles. The number of imide groups is 2. The Morgan fingerprint density at radius 2 is 2.08 bits per heavy atom. The van der Waals surface area contributed by atoms with E-state index in [4.69, 9.17) is 4.42 Å². The number of rotatable bonds is 4. The van der Waals surface area contributed by atoms with E-state index in [0.717, 1.165) is 16.7 Å². The maximum Gasteiger partial charge on any atom is 0.335 e. The summed E-state index contributed by atoms with van der Waals surface area (Å²) in [6, 6.07) is 8.84. The fraction of sp³-hybridized carbons (Fsp3) is 0.118. The third-order valence-electron chi connectivity index (χ3n) is 3.60. The first-order valence-corrected chi connectivity index (χ1v) is 7.60. The van der Waals surface area contributed by atoms with Crippen LogP contribution in [0.1, 0.15) is 16.1 Å². The van der Waals surface area contributed by atoms with Crippen molar-refractivity contribution in [1.29, 1.82) is 0 Å². The lowest BCUT2D eigenvalue weighted by Crippen LogP contribution is -2.58. The Hall–Kier alpha value is -3.75. The number of nitrogens with one attached hydrogen (secondary N) is 2. The van der Waals surface area contributed by atoms with E-state index in [1.807, 2.05) is 13.0 Å². The van der Waals surface area contributed by atoms with E-state index in [2.05, 4.69) is 15.8 Å². The Bertz CT molecular complexity index is 904. The predicted molar refractivity (Wildman–Crippen MR) is 90.4 cm³/mol. The van der Waals surface area contributed by atoms with Gasteiger partial charge in [-0.3, -0.25) is 19.7 Å². The standard InChI is InChI=1S/C17H14N4O5/c1-10-4-2-5-11(8-10)21-16(24)12(14(22)19-17(21)25)9-18-20-15(23)13-6-3-7-26-13/h2-9,12H,1H3,(H,20,23)(H,19,22,25)/b18-9-/t12-/m1/s1. The molecule has 3 rings (SSSR count). The number of hydrazone groups is 1. The summed E-state index contributed by atoms with van der Waals surface area (Å²) in [5, 5.41) is 5.72. The largest absolute Gasteiger partial charge is 0.459 e. The van der Waals surface area contributed by atoms with Gasteiger partial charge in [-0.05, 0) is 36.8 Å². The van der Waals surface area contributed by atoms with Crippen LogP contribution in [0.25, 0.3) is 0 Å². The molecule has 1 fully saturated rings. The molecule has 0 bridgehead atoms. The van der Waals surface area contributed by atoms with E-state index in [0.29, 0.717) is 5.69 Å². The Kier molecular flexibility index (Phi) is 4.61. The van der Waals surface area contributed by atoms with Gasteiger partial charge in [-0.15, -0.1) is 0 Å². The van der Waals surface area contributed by atoms with Gasteiger partial charge >= 0.3 is 11.9 Å². The summed E-state index contributed by atoms with van der Waals surface area (Å²) in [6.07, 6.45) is 2.29. The first-order chi connectivity index (χ1) is 12.5. The summed E-state index contributed by atoms with van der Waals surface area (Å²) in [5.41, 5.74) is 3.32. The van der Waals surface area contributed by atoms with Gasteiger partial charge in [0.2, 0.25) is 5.91 Å². The van der Waals surface area contributed by atoms with Gasteiger partial charge in [-0.25, -0.2) is 15.1 Å². The van der Waals surface area contributed by atoms with Crippen LogP contribution in [0.3, 0.4) is 0 Å². The van der Waals surface area contributed by atoms with Crippen molar-refractivity contribution in [2.75, 3.05) is 4.90 Å². The van der Waals surface area contributed by atoms with E-state index >= 15 is 0 Å². The van der Waals surface area contributed by atoms with Gasteiger partial charge in [0.05, 0.1) is 12.0 Å². The van der Waals surface area contributed by atoms with Crippen molar-refractivity contribution in [3.05, 3.63) is 54.0 Å².